The van der Waals surface area contributed by atoms with Gasteiger partial charge in [0.15, 0.2) is 0 Å². The summed E-state index contributed by atoms with van der Waals surface area (Å²) in [4.78, 5) is 28.2. The molecule has 162 valence electrons. The number of primary sulfonamides is 1. The molecule has 0 aliphatic heterocycles. The van der Waals surface area contributed by atoms with E-state index in [-0.39, 0.29) is 28.5 Å². The molecule has 0 saturated carbocycles. The number of pyridine rings is 1. The number of nitrogens with one attached hydrogen (secondary N) is 2. The number of aryl methyl sites for hydroxylation is 1. The summed E-state index contributed by atoms with van der Waals surface area (Å²) in [5, 5.41) is 9.04. The van der Waals surface area contributed by atoms with Crippen LogP contribution in [0.1, 0.15) is 26.4 Å². The van der Waals surface area contributed by atoms with Crippen LogP contribution in [0.5, 0.6) is 5.88 Å². The van der Waals surface area contributed by atoms with Crippen LogP contribution in [0.3, 0.4) is 0 Å². The SMILES string of the molecule is Cn1ncc(C(=O)NNC(=O)c2cccc(S(N)(=O)=O)c2)c1COc1ccc(F)cn1. The first-order chi connectivity index (χ1) is 14.6. The molecule has 2 aromatic heterocycles. The second kappa shape index (κ2) is 8.89. The number of nitrogens with two attached hydrogens (primary N) is 1. The standard InChI is InChI=1S/C18H17FN6O5S/c1-25-15(10-30-16-6-5-12(19)8-21-16)14(9-22-25)18(27)24-23-17(26)11-3-2-4-13(7-11)31(20,28)29/h2-9H,10H2,1H3,(H,23,26)(H,24,27)(H2,20,28,29). The topological polar surface area (TPSA) is 158 Å². The van der Waals surface area contributed by atoms with Crippen LogP contribution in [0.25, 0.3) is 0 Å². The predicted octanol–water partition coefficient (Wildman–Crippen LogP) is 0.255. The van der Waals surface area contributed by atoms with Crippen molar-refractivity contribution in [2.45, 2.75) is 11.5 Å². The molecule has 0 saturated heterocycles. The van der Waals surface area contributed by atoms with Gasteiger partial charge in [0.1, 0.15) is 12.4 Å². The summed E-state index contributed by atoms with van der Waals surface area (Å²) in [6.45, 7) is -0.0950. The lowest BCUT2D eigenvalue weighted by Crippen LogP contribution is -2.42. The molecule has 3 aromatic rings. The van der Waals surface area contributed by atoms with E-state index < -0.39 is 27.7 Å². The van der Waals surface area contributed by atoms with Crippen LogP contribution >= 0.6 is 0 Å². The molecule has 0 spiro atoms. The van der Waals surface area contributed by atoms with Gasteiger partial charge in [0.05, 0.1) is 28.5 Å². The third kappa shape index (κ3) is 5.40. The number of aromatic nitrogens is 3. The molecular formula is C18H17FN6O5S. The number of ether oxygens (including phenoxy) is 1. The first-order valence-corrected chi connectivity index (χ1v) is 10.2. The van der Waals surface area contributed by atoms with Gasteiger partial charge in [0, 0.05) is 18.7 Å². The first-order valence-electron chi connectivity index (χ1n) is 8.64. The van der Waals surface area contributed by atoms with Crippen LogP contribution in [0, 0.1) is 5.82 Å². The molecule has 0 aliphatic rings. The minimum absolute atomic E-state index is 0.0241. The van der Waals surface area contributed by atoms with Gasteiger partial charge in [0.2, 0.25) is 15.9 Å². The van der Waals surface area contributed by atoms with E-state index in [1.165, 1.54) is 41.2 Å². The van der Waals surface area contributed by atoms with Crippen molar-refractivity contribution in [3.05, 3.63) is 71.4 Å². The average Bonchev–Trinajstić information content (AvgIpc) is 3.11. The van der Waals surface area contributed by atoms with Crippen molar-refractivity contribution in [1.29, 1.82) is 0 Å². The van der Waals surface area contributed by atoms with E-state index in [4.69, 9.17) is 9.88 Å². The third-order valence-corrected chi connectivity index (χ3v) is 4.99. The molecule has 2 heterocycles. The highest BCUT2D eigenvalue weighted by Crippen LogP contribution is 2.13. The summed E-state index contributed by atoms with van der Waals surface area (Å²) >= 11 is 0. The van der Waals surface area contributed by atoms with Gasteiger partial charge in [-0.25, -0.2) is 22.9 Å². The molecule has 1 aromatic carbocycles. The number of amides is 2. The van der Waals surface area contributed by atoms with Crippen molar-refractivity contribution in [3.8, 4) is 5.88 Å². The fraction of sp³-hybridized carbons (Fsp3) is 0.111. The van der Waals surface area contributed by atoms with E-state index in [1.807, 2.05) is 0 Å². The van der Waals surface area contributed by atoms with Crippen LogP contribution in [0.2, 0.25) is 0 Å². The zero-order valence-electron chi connectivity index (χ0n) is 16.1. The van der Waals surface area contributed by atoms with E-state index in [0.29, 0.717) is 5.69 Å². The molecule has 31 heavy (non-hydrogen) atoms. The molecule has 0 unspecified atom stereocenters. The van der Waals surface area contributed by atoms with E-state index in [1.54, 1.807) is 7.05 Å². The summed E-state index contributed by atoms with van der Waals surface area (Å²) in [6, 6.07) is 7.53. The van der Waals surface area contributed by atoms with Crippen molar-refractivity contribution in [2.24, 2.45) is 12.2 Å². The number of carbonyl (C=O) groups excluding carboxylic acids is 2. The highest BCUT2D eigenvalue weighted by molar-refractivity contribution is 7.89. The molecule has 0 atom stereocenters. The summed E-state index contributed by atoms with van der Waals surface area (Å²) in [5.74, 6) is -1.80. The van der Waals surface area contributed by atoms with Crippen LogP contribution < -0.4 is 20.7 Å². The lowest BCUT2D eigenvalue weighted by atomic mass is 10.2. The van der Waals surface area contributed by atoms with E-state index in [2.05, 4.69) is 20.9 Å². The van der Waals surface area contributed by atoms with Crippen LogP contribution in [0.4, 0.5) is 4.39 Å². The fourth-order valence-electron chi connectivity index (χ4n) is 2.48. The van der Waals surface area contributed by atoms with Gasteiger partial charge in [-0.3, -0.25) is 25.1 Å². The molecule has 0 fully saturated rings. The minimum atomic E-state index is -3.99. The first kappa shape index (κ1) is 21.9. The van der Waals surface area contributed by atoms with Crippen molar-refractivity contribution in [2.75, 3.05) is 0 Å². The molecule has 0 bridgehead atoms. The van der Waals surface area contributed by atoms with Gasteiger partial charge in [0.25, 0.3) is 11.8 Å². The van der Waals surface area contributed by atoms with Gasteiger partial charge in [-0.2, -0.15) is 5.10 Å². The monoisotopic (exact) mass is 448 g/mol. The number of sulfonamides is 1. The zero-order valence-corrected chi connectivity index (χ0v) is 16.9. The maximum atomic E-state index is 12.9. The molecular weight excluding hydrogens is 431 g/mol. The molecule has 2 amide bonds. The Balaban J connectivity index is 1.66. The molecule has 0 aliphatic carbocycles. The van der Waals surface area contributed by atoms with Gasteiger partial charge in [-0.05, 0) is 24.3 Å². The second-order valence-corrected chi connectivity index (χ2v) is 7.77. The number of hydrogen-bond donors (Lipinski definition) is 3. The number of rotatable bonds is 6. The Hall–Kier alpha value is -3.84. The van der Waals surface area contributed by atoms with Crippen LogP contribution in [-0.2, 0) is 23.7 Å². The van der Waals surface area contributed by atoms with Gasteiger partial charge in [-0.1, -0.05) is 6.07 Å². The molecule has 3 rings (SSSR count). The Morgan fingerprint density at radius 3 is 2.58 bits per heavy atom. The zero-order chi connectivity index (χ0) is 22.6. The predicted molar refractivity (Wildman–Crippen MR) is 104 cm³/mol. The molecule has 13 heteroatoms. The highest BCUT2D eigenvalue weighted by Gasteiger charge is 2.18. The van der Waals surface area contributed by atoms with Crippen LogP contribution in [-0.4, -0.2) is 35.0 Å². The number of benzene rings is 1. The molecule has 11 nitrogen and oxygen atoms in total. The van der Waals surface area contributed by atoms with Gasteiger partial charge >= 0.3 is 0 Å². The lowest BCUT2D eigenvalue weighted by molar-refractivity contribution is 0.0845. The van der Waals surface area contributed by atoms with Gasteiger partial charge in [-0.15, -0.1) is 0 Å². The number of carbonyl (C=O) groups is 2. The number of hydrogen-bond acceptors (Lipinski definition) is 7. The third-order valence-electron chi connectivity index (χ3n) is 4.08. The number of nitrogens with zero attached hydrogens (tertiary/aromatic N) is 3. The Kier molecular flexibility index (Phi) is 6.27. The molecule has 0 radical (unpaired) electrons. The quantitative estimate of drug-likeness (QED) is 0.456. The maximum Gasteiger partial charge on any atom is 0.273 e. The fourth-order valence-corrected chi connectivity index (χ4v) is 3.04. The highest BCUT2D eigenvalue weighted by atomic mass is 32.2. The largest absolute Gasteiger partial charge is 0.471 e. The Bertz CT molecular complexity index is 1230. The average molecular weight is 448 g/mol. The minimum Gasteiger partial charge on any atom is -0.471 e. The summed E-state index contributed by atoms with van der Waals surface area (Å²) in [5.41, 5.74) is 4.87. The van der Waals surface area contributed by atoms with Crippen molar-refractivity contribution in [1.82, 2.24) is 25.6 Å². The van der Waals surface area contributed by atoms with Crippen molar-refractivity contribution < 1.29 is 27.1 Å². The number of hydrazine groups is 1. The van der Waals surface area contributed by atoms with Crippen LogP contribution in [0.15, 0.2) is 53.7 Å². The normalized spacial score (nSPS) is 11.1. The van der Waals surface area contributed by atoms with E-state index >= 15 is 0 Å². The Labute approximate surface area is 176 Å². The summed E-state index contributed by atoms with van der Waals surface area (Å²) in [6.07, 6.45) is 2.27. The van der Waals surface area contributed by atoms with Gasteiger partial charge < -0.3 is 4.74 Å². The van der Waals surface area contributed by atoms with Crippen molar-refractivity contribution >= 4 is 21.8 Å². The lowest BCUT2D eigenvalue weighted by Gasteiger charge is -2.10. The Morgan fingerprint density at radius 1 is 1.16 bits per heavy atom. The van der Waals surface area contributed by atoms with E-state index in [0.717, 1.165) is 12.3 Å². The summed E-state index contributed by atoms with van der Waals surface area (Å²) in [7, 11) is -2.40. The maximum absolute atomic E-state index is 12.9. The summed E-state index contributed by atoms with van der Waals surface area (Å²) < 4.78 is 42.6. The molecule has 4 N–H and O–H groups in total. The van der Waals surface area contributed by atoms with E-state index in [9.17, 15) is 22.4 Å². The van der Waals surface area contributed by atoms with Crippen molar-refractivity contribution in [3.63, 3.8) is 0 Å². The Morgan fingerprint density at radius 2 is 1.90 bits per heavy atom. The second-order valence-electron chi connectivity index (χ2n) is 6.21. The number of halogens is 1. The smallest absolute Gasteiger partial charge is 0.273 e.